The average Bonchev–Trinajstić information content (AvgIpc) is 3.12. The van der Waals surface area contributed by atoms with Gasteiger partial charge in [-0.2, -0.15) is 0 Å². The van der Waals surface area contributed by atoms with E-state index in [0.29, 0.717) is 172 Å². The van der Waals surface area contributed by atoms with Crippen LogP contribution in [0.1, 0.15) is 0 Å². The maximum absolute atomic E-state index is 11.4. The Bertz CT molecular complexity index is 717. The zero-order valence-corrected chi connectivity index (χ0v) is 32.2. The molecule has 304 valence electrons. The van der Waals surface area contributed by atoms with Gasteiger partial charge in [0.15, 0.2) is 0 Å². The van der Waals surface area contributed by atoms with Crippen LogP contribution >= 0.6 is 22.6 Å². The van der Waals surface area contributed by atoms with Crippen LogP contribution in [0.3, 0.4) is 0 Å². The molecule has 0 heterocycles. The number of aliphatic carboxylic acids is 1. The first-order valence-corrected chi connectivity index (χ1v) is 18.8. The highest BCUT2D eigenvalue weighted by Crippen LogP contribution is 1.88. The number of hydrogen-bond donors (Lipinski definition) is 2. The minimum Gasteiger partial charge on any atom is -0.480 e. The average molecular weight is 860 g/mol. The number of hydrogen-bond acceptors (Lipinski definition) is 16. The molecule has 18 nitrogen and oxygen atoms in total. The predicted molar refractivity (Wildman–Crippen MR) is 191 cm³/mol. The highest BCUT2D eigenvalue weighted by Gasteiger charge is 2.03. The molecule has 0 saturated carbocycles. The van der Waals surface area contributed by atoms with E-state index in [-0.39, 0.29) is 6.61 Å². The van der Waals surface area contributed by atoms with Gasteiger partial charge in [-0.1, -0.05) is 22.6 Å². The molecule has 0 unspecified atom stereocenters. The van der Waals surface area contributed by atoms with Crippen molar-refractivity contribution in [2.24, 2.45) is 0 Å². The van der Waals surface area contributed by atoms with Gasteiger partial charge in [0.05, 0.1) is 172 Å². The number of halogens is 1. The van der Waals surface area contributed by atoms with E-state index < -0.39 is 18.5 Å². The maximum atomic E-state index is 11.4. The molecule has 0 aliphatic heterocycles. The molecule has 0 aromatic carbocycles. The van der Waals surface area contributed by atoms with Gasteiger partial charge in [0, 0.05) is 11.0 Å². The molecule has 0 bridgehead atoms. The summed E-state index contributed by atoms with van der Waals surface area (Å²) < 4.78 is 76.2. The highest BCUT2D eigenvalue weighted by atomic mass is 127. The Morgan fingerprint density at radius 1 is 0.353 bits per heavy atom. The lowest BCUT2D eigenvalue weighted by Crippen LogP contribution is -2.31. The number of alkyl halides is 1. The Morgan fingerprint density at radius 3 is 0.824 bits per heavy atom. The van der Waals surface area contributed by atoms with Crippen LogP contribution < -0.4 is 5.32 Å². The monoisotopic (exact) mass is 859 g/mol. The van der Waals surface area contributed by atoms with E-state index >= 15 is 0 Å². The zero-order valence-electron chi connectivity index (χ0n) is 30.1. The Balaban J connectivity index is 3.08. The molecule has 51 heavy (non-hydrogen) atoms. The molecular formula is C32H62INO17. The van der Waals surface area contributed by atoms with Crippen LogP contribution in [0.25, 0.3) is 0 Å². The summed E-state index contributed by atoms with van der Waals surface area (Å²) in [6.45, 7) is 12.3. The molecule has 1 amide bonds. The van der Waals surface area contributed by atoms with E-state index in [1.807, 2.05) is 0 Å². The van der Waals surface area contributed by atoms with Crippen molar-refractivity contribution in [2.75, 3.05) is 196 Å². The second-order valence-electron chi connectivity index (χ2n) is 9.89. The number of carboxylic acids is 1. The van der Waals surface area contributed by atoms with Crippen molar-refractivity contribution in [1.82, 2.24) is 5.32 Å². The Morgan fingerprint density at radius 2 is 0.588 bits per heavy atom. The molecule has 0 fully saturated rings. The van der Waals surface area contributed by atoms with Crippen molar-refractivity contribution in [3.63, 3.8) is 0 Å². The number of carboxylic acid groups (broad SMARTS) is 1. The third-order valence-corrected chi connectivity index (χ3v) is 6.15. The summed E-state index contributed by atoms with van der Waals surface area (Å²) in [6.07, 6.45) is 0. The molecule has 0 spiro atoms. The number of ether oxygens (including phenoxy) is 14. The minimum atomic E-state index is -1.12. The fourth-order valence-corrected chi connectivity index (χ4v) is 3.65. The number of carbonyl (C=O) groups excluding carboxylic acids is 1. The van der Waals surface area contributed by atoms with E-state index in [0.717, 1.165) is 11.0 Å². The van der Waals surface area contributed by atoms with Gasteiger partial charge in [-0.3, -0.25) is 4.79 Å². The summed E-state index contributed by atoms with van der Waals surface area (Å²) in [5, 5.41) is 11.0. The van der Waals surface area contributed by atoms with Gasteiger partial charge in [0.1, 0.15) is 13.2 Å². The summed E-state index contributed by atoms with van der Waals surface area (Å²) in [4.78, 5) is 21.7. The Hall–Kier alpha value is -0.890. The third kappa shape index (κ3) is 47.1. The van der Waals surface area contributed by atoms with Crippen LogP contribution in [-0.2, 0) is 75.9 Å². The molecule has 0 aliphatic rings. The molecule has 0 aromatic heterocycles. The van der Waals surface area contributed by atoms with Crippen molar-refractivity contribution >= 4 is 34.5 Å². The van der Waals surface area contributed by atoms with Crippen LogP contribution in [0.5, 0.6) is 0 Å². The van der Waals surface area contributed by atoms with Crippen LogP contribution in [0.4, 0.5) is 0 Å². The second kappa shape index (κ2) is 45.3. The quantitative estimate of drug-likeness (QED) is 0.0466. The zero-order chi connectivity index (χ0) is 37.0. The molecule has 2 N–H and O–H groups in total. The van der Waals surface area contributed by atoms with Gasteiger partial charge in [-0.25, -0.2) is 4.79 Å². The Kier molecular flexibility index (Phi) is 44.5. The predicted octanol–water partition coefficient (Wildman–Crippen LogP) is -0.145. The van der Waals surface area contributed by atoms with Gasteiger partial charge in [0.25, 0.3) is 0 Å². The molecule has 0 radical (unpaired) electrons. The van der Waals surface area contributed by atoms with Crippen LogP contribution in [0, 0.1) is 0 Å². The summed E-state index contributed by atoms with van der Waals surface area (Å²) in [6, 6.07) is 0. The molecule has 0 saturated heterocycles. The van der Waals surface area contributed by atoms with Gasteiger partial charge in [-0.05, 0) is 0 Å². The van der Waals surface area contributed by atoms with Crippen molar-refractivity contribution in [3.05, 3.63) is 0 Å². The van der Waals surface area contributed by atoms with E-state index in [4.69, 9.17) is 66.7 Å². The fourth-order valence-electron chi connectivity index (χ4n) is 3.34. The van der Waals surface area contributed by atoms with E-state index in [1.165, 1.54) is 0 Å². The molecule has 0 atom stereocenters. The SMILES string of the molecule is O=C(O)COCC(=O)NCCOCCOCCOCCOCCOCCOCCOCCOCCOCCOCCOCCOCCOCCI. The topological polar surface area (TPSA) is 196 Å². The molecule has 0 aliphatic carbocycles. The number of rotatable bonds is 45. The molecule has 0 rings (SSSR count). The highest BCUT2D eigenvalue weighted by molar-refractivity contribution is 14.1. The molecule has 0 aromatic rings. The number of amides is 1. The van der Waals surface area contributed by atoms with Crippen molar-refractivity contribution < 1.29 is 81.0 Å². The van der Waals surface area contributed by atoms with Crippen LogP contribution in [0.2, 0.25) is 0 Å². The smallest absolute Gasteiger partial charge is 0.329 e. The number of carbonyl (C=O) groups is 2. The van der Waals surface area contributed by atoms with Crippen LogP contribution in [-0.4, -0.2) is 213 Å². The lowest BCUT2D eigenvalue weighted by atomic mass is 10.6. The number of nitrogens with one attached hydrogen (secondary N) is 1. The maximum Gasteiger partial charge on any atom is 0.329 e. The van der Waals surface area contributed by atoms with Crippen molar-refractivity contribution in [3.8, 4) is 0 Å². The normalized spacial score (nSPS) is 11.4. The fraction of sp³-hybridized carbons (Fsp3) is 0.938. The second-order valence-corrected chi connectivity index (χ2v) is 11.0. The summed E-state index contributed by atoms with van der Waals surface area (Å²) in [5.41, 5.74) is 0. The molecule has 19 heteroatoms. The standard InChI is InChI=1S/C32H62INO17/c33-1-3-38-5-7-40-9-11-42-13-15-44-17-19-46-21-23-48-25-27-50-28-26-49-24-22-47-20-18-45-16-14-43-12-10-41-8-6-39-4-2-34-31(35)29-51-30-32(36)37/h1-30H2,(H,34,35)(H,36,37). The first-order valence-electron chi connectivity index (χ1n) is 17.3. The van der Waals surface area contributed by atoms with E-state index in [2.05, 4.69) is 32.6 Å². The summed E-state index contributed by atoms with van der Waals surface area (Å²) in [5.74, 6) is -1.52. The van der Waals surface area contributed by atoms with E-state index in [1.54, 1.807) is 0 Å². The first kappa shape index (κ1) is 50.1. The van der Waals surface area contributed by atoms with E-state index in [9.17, 15) is 9.59 Å². The molecular weight excluding hydrogens is 797 g/mol. The third-order valence-electron chi connectivity index (χ3n) is 5.71. The van der Waals surface area contributed by atoms with Gasteiger partial charge < -0.3 is 76.7 Å². The summed E-state index contributed by atoms with van der Waals surface area (Å²) in [7, 11) is 0. The lowest BCUT2D eigenvalue weighted by Gasteiger charge is -2.09. The Labute approximate surface area is 316 Å². The van der Waals surface area contributed by atoms with Gasteiger partial charge in [-0.15, -0.1) is 0 Å². The summed E-state index contributed by atoms with van der Waals surface area (Å²) >= 11 is 2.27. The van der Waals surface area contributed by atoms with Gasteiger partial charge in [0.2, 0.25) is 5.91 Å². The largest absolute Gasteiger partial charge is 0.480 e. The van der Waals surface area contributed by atoms with Crippen molar-refractivity contribution in [1.29, 1.82) is 0 Å². The first-order chi connectivity index (χ1) is 25.2. The van der Waals surface area contributed by atoms with Crippen molar-refractivity contribution in [2.45, 2.75) is 0 Å². The minimum absolute atomic E-state index is 0.299. The van der Waals surface area contributed by atoms with Gasteiger partial charge >= 0.3 is 5.97 Å². The lowest BCUT2D eigenvalue weighted by molar-refractivity contribution is -0.143. The van der Waals surface area contributed by atoms with Crippen LogP contribution in [0.15, 0.2) is 0 Å².